The van der Waals surface area contributed by atoms with Gasteiger partial charge in [0.1, 0.15) is 5.82 Å². The lowest BCUT2D eigenvalue weighted by atomic mass is 10.3. The van der Waals surface area contributed by atoms with Crippen molar-refractivity contribution < 1.29 is 0 Å². The largest absolute Gasteiger partial charge is 0.316 e. The molecule has 3 nitrogen and oxygen atoms in total. The molecule has 0 unspecified atom stereocenters. The Balaban J connectivity index is 2.19. The molecule has 0 saturated carbocycles. The van der Waals surface area contributed by atoms with Crippen LogP contribution in [0.4, 0.5) is 10.9 Å². The Morgan fingerprint density at radius 3 is 2.92 bits per heavy atom. The molecule has 0 saturated heterocycles. The van der Waals surface area contributed by atoms with Crippen LogP contribution in [0.25, 0.3) is 0 Å². The van der Waals surface area contributed by atoms with Gasteiger partial charge in [0, 0.05) is 17.8 Å². The standard InChI is InChI=1S/C9H9N3S/c1-7-2-3-10-8(6-7)12-9-11-4-5-13-9/h2-6H,1H3,(H,10,11,12). The zero-order valence-corrected chi connectivity index (χ0v) is 8.01. The lowest BCUT2D eigenvalue weighted by Gasteiger charge is -2.00. The van der Waals surface area contributed by atoms with E-state index in [-0.39, 0.29) is 0 Å². The molecule has 66 valence electrons. The SMILES string of the molecule is Cc1ccnc(Nc2nccs2)c1. The Bertz CT molecular complexity index is 384. The maximum atomic E-state index is 4.17. The van der Waals surface area contributed by atoms with Crippen LogP contribution in [0, 0.1) is 6.92 Å². The van der Waals surface area contributed by atoms with Gasteiger partial charge in [-0.1, -0.05) is 0 Å². The molecule has 0 radical (unpaired) electrons. The maximum absolute atomic E-state index is 4.17. The minimum Gasteiger partial charge on any atom is -0.316 e. The summed E-state index contributed by atoms with van der Waals surface area (Å²) >= 11 is 1.56. The predicted octanol–water partition coefficient (Wildman–Crippen LogP) is 2.59. The predicted molar refractivity (Wildman–Crippen MR) is 54.4 cm³/mol. The van der Waals surface area contributed by atoms with Crippen molar-refractivity contribution in [2.45, 2.75) is 6.92 Å². The van der Waals surface area contributed by atoms with E-state index in [1.54, 1.807) is 23.7 Å². The van der Waals surface area contributed by atoms with Crippen molar-refractivity contribution in [2.24, 2.45) is 0 Å². The van der Waals surface area contributed by atoms with Gasteiger partial charge >= 0.3 is 0 Å². The number of hydrogen-bond donors (Lipinski definition) is 1. The van der Waals surface area contributed by atoms with E-state index < -0.39 is 0 Å². The molecular weight excluding hydrogens is 182 g/mol. The summed E-state index contributed by atoms with van der Waals surface area (Å²) in [6.07, 6.45) is 3.55. The number of aryl methyl sites for hydroxylation is 1. The Hall–Kier alpha value is -1.42. The van der Waals surface area contributed by atoms with Crippen molar-refractivity contribution in [1.82, 2.24) is 9.97 Å². The normalized spacial score (nSPS) is 9.92. The Morgan fingerprint density at radius 2 is 2.23 bits per heavy atom. The van der Waals surface area contributed by atoms with Crippen LogP contribution in [0.3, 0.4) is 0 Å². The highest BCUT2D eigenvalue weighted by atomic mass is 32.1. The lowest BCUT2D eigenvalue weighted by molar-refractivity contribution is 1.26. The summed E-state index contributed by atoms with van der Waals surface area (Å²) in [5, 5.41) is 5.92. The van der Waals surface area contributed by atoms with Gasteiger partial charge in [-0.25, -0.2) is 9.97 Å². The Kier molecular flexibility index (Phi) is 2.23. The second kappa shape index (κ2) is 3.53. The first-order valence-electron chi connectivity index (χ1n) is 3.94. The third-order valence-electron chi connectivity index (χ3n) is 1.58. The topological polar surface area (TPSA) is 37.8 Å². The van der Waals surface area contributed by atoms with Gasteiger partial charge in [0.05, 0.1) is 0 Å². The number of hydrogen-bond acceptors (Lipinski definition) is 4. The number of thiazole rings is 1. The average Bonchev–Trinajstić information content (AvgIpc) is 2.57. The van der Waals surface area contributed by atoms with Crippen LogP contribution in [-0.2, 0) is 0 Å². The van der Waals surface area contributed by atoms with E-state index in [1.807, 2.05) is 24.4 Å². The fraction of sp³-hybridized carbons (Fsp3) is 0.111. The molecule has 2 rings (SSSR count). The molecule has 0 spiro atoms. The maximum Gasteiger partial charge on any atom is 0.188 e. The van der Waals surface area contributed by atoms with Crippen molar-refractivity contribution in [3.63, 3.8) is 0 Å². The summed E-state index contributed by atoms with van der Waals surface area (Å²) in [5.74, 6) is 0.843. The van der Waals surface area contributed by atoms with Crippen molar-refractivity contribution in [2.75, 3.05) is 5.32 Å². The van der Waals surface area contributed by atoms with Gasteiger partial charge in [-0.05, 0) is 24.6 Å². The van der Waals surface area contributed by atoms with E-state index in [2.05, 4.69) is 15.3 Å². The summed E-state index contributed by atoms with van der Waals surface area (Å²) in [5.41, 5.74) is 1.19. The Labute approximate surface area is 80.5 Å². The molecule has 2 heterocycles. The van der Waals surface area contributed by atoms with E-state index in [1.165, 1.54) is 5.56 Å². The highest BCUT2D eigenvalue weighted by Gasteiger charge is 1.96. The zero-order chi connectivity index (χ0) is 9.10. The fourth-order valence-corrected chi connectivity index (χ4v) is 1.54. The zero-order valence-electron chi connectivity index (χ0n) is 7.19. The summed E-state index contributed by atoms with van der Waals surface area (Å²) in [6, 6.07) is 3.95. The molecule has 0 fully saturated rings. The second-order valence-electron chi connectivity index (χ2n) is 2.68. The van der Waals surface area contributed by atoms with Gasteiger partial charge in [-0.2, -0.15) is 0 Å². The third kappa shape index (κ3) is 2.03. The highest BCUT2D eigenvalue weighted by molar-refractivity contribution is 7.13. The lowest BCUT2D eigenvalue weighted by Crippen LogP contribution is -1.92. The van der Waals surface area contributed by atoms with E-state index in [0.717, 1.165) is 10.9 Å². The first-order valence-corrected chi connectivity index (χ1v) is 4.82. The number of anilines is 2. The average molecular weight is 191 g/mol. The minimum atomic E-state index is 0.843. The first-order chi connectivity index (χ1) is 6.34. The van der Waals surface area contributed by atoms with Crippen LogP contribution in [-0.4, -0.2) is 9.97 Å². The minimum absolute atomic E-state index is 0.843. The molecule has 0 aromatic carbocycles. The van der Waals surface area contributed by atoms with Gasteiger partial charge in [-0.3, -0.25) is 0 Å². The molecule has 2 aromatic rings. The van der Waals surface area contributed by atoms with Crippen LogP contribution in [0.2, 0.25) is 0 Å². The van der Waals surface area contributed by atoms with Crippen LogP contribution in [0.5, 0.6) is 0 Å². The summed E-state index contributed by atoms with van der Waals surface area (Å²) in [6.45, 7) is 2.04. The summed E-state index contributed by atoms with van der Waals surface area (Å²) < 4.78 is 0. The monoisotopic (exact) mass is 191 g/mol. The van der Waals surface area contributed by atoms with Crippen molar-refractivity contribution in [3.8, 4) is 0 Å². The molecule has 4 heteroatoms. The van der Waals surface area contributed by atoms with Gasteiger partial charge < -0.3 is 5.32 Å². The molecule has 1 N–H and O–H groups in total. The van der Waals surface area contributed by atoms with E-state index in [0.29, 0.717) is 0 Å². The van der Waals surface area contributed by atoms with Crippen LogP contribution in [0.1, 0.15) is 5.56 Å². The second-order valence-corrected chi connectivity index (χ2v) is 3.58. The highest BCUT2D eigenvalue weighted by Crippen LogP contribution is 2.16. The number of rotatable bonds is 2. The third-order valence-corrected chi connectivity index (χ3v) is 2.27. The number of nitrogens with zero attached hydrogens (tertiary/aromatic N) is 2. The van der Waals surface area contributed by atoms with Gasteiger partial charge in [-0.15, -0.1) is 11.3 Å². The van der Waals surface area contributed by atoms with Crippen molar-refractivity contribution in [3.05, 3.63) is 35.5 Å². The van der Waals surface area contributed by atoms with Gasteiger partial charge in [0.15, 0.2) is 5.13 Å². The van der Waals surface area contributed by atoms with Gasteiger partial charge in [0.25, 0.3) is 0 Å². The molecule has 0 aliphatic carbocycles. The number of aromatic nitrogens is 2. The van der Waals surface area contributed by atoms with Gasteiger partial charge in [0.2, 0.25) is 0 Å². The molecular formula is C9H9N3S. The van der Waals surface area contributed by atoms with Crippen LogP contribution < -0.4 is 5.32 Å². The van der Waals surface area contributed by atoms with Crippen LogP contribution >= 0.6 is 11.3 Å². The molecule has 0 atom stereocenters. The molecule has 0 bridgehead atoms. The molecule has 2 aromatic heterocycles. The first kappa shape index (κ1) is 8.19. The quantitative estimate of drug-likeness (QED) is 0.792. The van der Waals surface area contributed by atoms with Crippen molar-refractivity contribution >= 4 is 22.3 Å². The number of pyridine rings is 1. The van der Waals surface area contributed by atoms with E-state index in [9.17, 15) is 0 Å². The molecule has 13 heavy (non-hydrogen) atoms. The van der Waals surface area contributed by atoms with E-state index >= 15 is 0 Å². The van der Waals surface area contributed by atoms with Crippen molar-refractivity contribution in [1.29, 1.82) is 0 Å². The summed E-state index contributed by atoms with van der Waals surface area (Å²) in [7, 11) is 0. The fourth-order valence-electron chi connectivity index (χ4n) is 0.999. The smallest absolute Gasteiger partial charge is 0.188 e. The number of nitrogens with one attached hydrogen (secondary N) is 1. The molecule has 0 aliphatic heterocycles. The van der Waals surface area contributed by atoms with E-state index in [4.69, 9.17) is 0 Å². The molecule has 0 amide bonds. The molecule has 0 aliphatic rings. The summed E-state index contributed by atoms with van der Waals surface area (Å²) in [4.78, 5) is 8.28. The van der Waals surface area contributed by atoms with Crippen LogP contribution in [0.15, 0.2) is 29.9 Å². The Morgan fingerprint density at radius 1 is 1.31 bits per heavy atom.